The number of hydrogen-bond acceptors (Lipinski definition) is 4. The number of ether oxygens (including phenoxy) is 2. The van der Waals surface area contributed by atoms with Gasteiger partial charge in [0.25, 0.3) is 0 Å². The standard InChI is InChI=1S/C21H23NO4/c1-16-3-5-18(6-4-16)15-26-19-10-7-17(8-11-19)9-12-20(23)22-14-13-21(24)25-2/h3-12H,13-15H2,1-2H3,(H,22,23)/b12-9+. The first-order valence-electron chi connectivity index (χ1n) is 8.38. The molecule has 2 aromatic rings. The van der Waals surface area contributed by atoms with Crippen molar-refractivity contribution >= 4 is 18.0 Å². The molecule has 0 spiro atoms. The lowest BCUT2D eigenvalue weighted by molar-refractivity contribution is -0.140. The number of carbonyl (C=O) groups excluding carboxylic acids is 2. The molecule has 1 amide bonds. The lowest BCUT2D eigenvalue weighted by atomic mass is 10.1. The summed E-state index contributed by atoms with van der Waals surface area (Å²) in [6.07, 6.45) is 3.29. The molecule has 0 unspecified atom stereocenters. The molecule has 26 heavy (non-hydrogen) atoms. The monoisotopic (exact) mass is 353 g/mol. The van der Waals surface area contributed by atoms with Crippen molar-refractivity contribution in [3.63, 3.8) is 0 Å². The molecule has 2 rings (SSSR count). The summed E-state index contributed by atoms with van der Waals surface area (Å²) in [5.41, 5.74) is 3.22. The SMILES string of the molecule is COC(=O)CCNC(=O)/C=C/c1ccc(OCc2ccc(C)cc2)cc1. The normalized spacial score (nSPS) is 10.5. The predicted octanol–water partition coefficient (Wildman–Crippen LogP) is 3.27. The number of hydrogen-bond donors (Lipinski definition) is 1. The van der Waals surface area contributed by atoms with Crippen molar-refractivity contribution in [3.05, 3.63) is 71.3 Å². The molecule has 5 heteroatoms. The van der Waals surface area contributed by atoms with Gasteiger partial charge < -0.3 is 14.8 Å². The highest BCUT2D eigenvalue weighted by Crippen LogP contribution is 2.15. The first kappa shape index (κ1) is 19.2. The van der Waals surface area contributed by atoms with Crippen molar-refractivity contribution in [2.45, 2.75) is 20.0 Å². The second-order valence-corrected chi connectivity index (χ2v) is 5.79. The maximum Gasteiger partial charge on any atom is 0.307 e. The molecule has 0 fully saturated rings. The van der Waals surface area contributed by atoms with Crippen LogP contribution in [0.5, 0.6) is 5.75 Å². The molecule has 0 radical (unpaired) electrons. The Hall–Kier alpha value is -3.08. The third-order valence-electron chi connectivity index (χ3n) is 3.69. The first-order valence-corrected chi connectivity index (χ1v) is 8.38. The minimum Gasteiger partial charge on any atom is -0.489 e. The Kier molecular flexibility index (Phi) is 7.43. The Morgan fingerprint density at radius 1 is 1.04 bits per heavy atom. The third kappa shape index (κ3) is 6.81. The lowest BCUT2D eigenvalue weighted by Crippen LogP contribution is -2.24. The van der Waals surface area contributed by atoms with E-state index in [1.54, 1.807) is 6.08 Å². The number of esters is 1. The molecule has 0 saturated heterocycles. The van der Waals surface area contributed by atoms with E-state index in [1.807, 2.05) is 36.4 Å². The highest BCUT2D eigenvalue weighted by Gasteiger charge is 2.01. The summed E-state index contributed by atoms with van der Waals surface area (Å²) in [7, 11) is 1.32. The van der Waals surface area contributed by atoms with E-state index in [0.717, 1.165) is 16.9 Å². The summed E-state index contributed by atoms with van der Waals surface area (Å²) >= 11 is 0. The van der Waals surface area contributed by atoms with Crippen molar-refractivity contribution in [1.29, 1.82) is 0 Å². The van der Waals surface area contributed by atoms with Crippen LogP contribution in [-0.4, -0.2) is 25.5 Å². The lowest BCUT2D eigenvalue weighted by Gasteiger charge is -2.07. The molecule has 1 N–H and O–H groups in total. The number of amides is 1. The van der Waals surface area contributed by atoms with Crippen molar-refractivity contribution in [3.8, 4) is 5.75 Å². The van der Waals surface area contributed by atoms with Crippen molar-refractivity contribution in [2.75, 3.05) is 13.7 Å². The van der Waals surface area contributed by atoms with Gasteiger partial charge in [0, 0.05) is 12.6 Å². The highest BCUT2D eigenvalue weighted by atomic mass is 16.5. The van der Waals surface area contributed by atoms with Crippen LogP contribution < -0.4 is 10.1 Å². The van der Waals surface area contributed by atoms with Gasteiger partial charge in [0.05, 0.1) is 13.5 Å². The maximum atomic E-state index is 11.7. The van der Waals surface area contributed by atoms with Crippen LogP contribution in [0, 0.1) is 6.92 Å². The zero-order valence-electron chi connectivity index (χ0n) is 15.0. The van der Waals surface area contributed by atoms with Crippen LogP contribution in [0.3, 0.4) is 0 Å². The number of aryl methyl sites for hydroxylation is 1. The van der Waals surface area contributed by atoms with Crippen LogP contribution in [0.2, 0.25) is 0 Å². The zero-order chi connectivity index (χ0) is 18.8. The van der Waals surface area contributed by atoms with Crippen molar-refractivity contribution < 1.29 is 19.1 Å². The summed E-state index contributed by atoms with van der Waals surface area (Å²) in [6.45, 7) is 2.82. The minimum atomic E-state index is -0.351. The second kappa shape index (κ2) is 10.0. The average molecular weight is 353 g/mol. The van der Waals surface area contributed by atoms with Crippen LogP contribution in [0.4, 0.5) is 0 Å². The number of nitrogens with one attached hydrogen (secondary N) is 1. The molecule has 0 saturated carbocycles. The molecule has 5 nitrogen and oxygen atoms in total. The van der Waals surface area contributed by atoms with Gasteiger partial charge in [-0.1, -0.05) is 42.0 Å². The van der Waals surface area contributed by atoms with E-state index in [4.69, 9.17) is 4.74 Å². The van der Waals surface area contributed by atoms with E-state index in [-0.39, 0.29) is 24.8 Å². The summed E-state index contributed by atoms with van der Waals surface area (Å²) in [5.74, 6) is 0.161. The molecule has 0 heterocycles. The molecule has 0 atom stereocenters. The molecular formula is C21H23NO4. The predicted molar refractivity (Wildman–Crippen MR) is 101 cm³/mol. The number of benzene rings is 2. The highest BCUT2D eigenvalue weighted by molar-refractivity contribution is 5.91. The van der Waals surface area contributed by atoms with Gasteiger partial charge in [-0.3, -0.25) is 9.59 Å². The third-order valence-corrected chi connectivity index (χ3v) is 3.69. The second-order valence-electron chi connectivity index (χ2n) is 5.79. The molecule has 0 aliphatic rings. The van der Waals surface area contributed by atoms with Crippen molar-refractivity contribution in [1.82, 2.24) is 5.32 Å². The summed E-state index contributed by atoms with van der Waals surface area (Å²) in [6, 6.07) is 15.7. The number of rotatable bonds is 8. The maximum absolute atomic E-state index is 11.7. The van der Waals surface area contributed by atoms with Gasteiger partial charge in [0.15, 0.2) is 0 Å². The van der Waals surface area contributed by atoms with Gasteiger partial charge in [-0.15, -0.1) is 0 Å². The van der Waals surface area contributed by atoms with E-state index in [9.17, 15) is 9.59 Å². The largest absolute Gasteiger partial charge is 0.489 e. The number of carbonyl (C=O) groups is 2. The molecule has 0 bridgehead atoms. The van der Waals surface area contributed by atoms with Crippen LogP contribution in [0.15, 0.2) is 54.6 Å². The quantitative estimate of drug-likeness (QED) is 0.584. The fourth-order valence-electron chi connectivity index (χ4n) is 2.15. The van der Waals surface area contributed by atoms with E-state index in [2.05, 4.69) is 29.1 Å². The summed E-state index contributed by atoms with van der Waals surface area (Å²) in [5, 5.41) is 2.62. The van der Waals surface area contributed by atoms with Gasteiger partial charge in [-0.2, -0.15) is 0 Å². The summed E-state index contributed by atoms with van der Waals surface area (Å²) in [4.78, 5) is 22.6. The van der Waals surface area contributed by atoms with Gasteiger partial charge in [-0.25, -0.2) is 0 Å². The Labute approximate surface area is 153 Å². The van der Waals surface area contributed by atoms with E-state index >= 15 is 0 Å². The molecule has 0 aliphatic heterocycles. The zero-order valence-corrected chi connectivity index (χ0v) is 15.0. The number of methoxy groups -OCH3 is 1. The van der Waals surface area contributed by atoms with Crippen LogP contribution >= 0.6 is 0 Å². The van der Waals surface area contributed by atoms with Crippen LogP contribution in [0.1, 0.15) is 23.1 Å². The fourth-order valence-corrected chi connectivity index (χ4v) is 2.15. The van der Waals surface area contributed by atoms with E-state index < -0.39 is 0 Å². The van der Waals surface area contributed by atoms with E-state index in [1.165, 1.54) is 18.7 Å². The fraction of sp³-hybridized carbons (Fsp3) is 0.238. The Morgan fingerprint density at radius 2 is 1.73 bits per heavy atom. The Bertz CT molecular complexity index is 749. The topological polar surface area (TPSA) is 64.6 Å². The molecule has 136 valence electrons. The molecule has 0 aliphatic carbocycles. The van der Waals surface area contributed by atoms with Crippen molar-refractivity contribution in [2.24, 2.45) is 0 Å². The van der Waals surface area contributed by atoms with Gasteiger partial charge in [-0.05, 0) is 36.3 Å². The molecular weight excluding hydrogens is 330 g/mol. The van der Waals surface area contributed by atoms with Crippen LogP contribution in [0.25, 0.3) is 6.08 Å². The smallest absolute Gasteiger partial charge is 0.307 e. The first-order chi connectivity index (χ1) is 12.6. The average Bonchev–Trinajstić information content (AvgIpc) is 2.66. The minimum absolute atomic E-state index is 0.156. The molecule has 0 aromatic heterocycles. The van der Waals surface area contributed by atoms with Gasteiger partial charge in [0.2, 0.25) is 5.91 Å². The van der Waals surface area contributed by atoms with Crippen LogP contribution in [-0.2, 0) is 20.9 Å². The van der Waals surface area contributed by atoms with E-state index in [0.29, 0.717) is 6.61 Å². The van der Waals surface area contributed by atoms with Gasteiger partial charge >= 0.3 is 5.97 Å². The Balaban J connectivity index is 1.78. The molecule has 2 aromatic carbocycles. The summed E-state index contributed by atoms with van der Waals surface area (Å²) < 4.78 is 10.3. The Morgan fingerprint density at radius 3 is 2.38 bits per heavy atom. The van der Waals surface area contributed by atoms with Gasteiger partial charge in [0.1, 0.15) is 12.4 Å².